The molecule has 1 fully saturated rings. The molecular weight excluding hydrogens is 406 g/mol. The van der Waals surface area contributed by atoms with E-state index in [4.69, 9.17) is 4.74 Å². The lowest BCUT2D eigenvalue weighted by Crippen LogP contribution is -2.14. The minimum Gasteiger partial charge on any atom is -0.377 e. The Bertz CT molecular complexity index is 1020. The van der Waals surface area contributed by atoms with Crippen LogP contribution in [0.25, 0.3) is 0 Å². The second kappa shape index (κ2) is 10.2. The van der Waals surface area contributed by atoms with Crippen LogP contribution >= 0.6 is 11.8 Å². The largest absolute Gasteiger partial charge is 0.377 e. The van der Waals surface area contributed by atoms with E-state index in [1.165, 1.54) is 0 Å². The van der Waals surface area contributed by atoms with Gasteiger partial charge >= 0.3 is 0 Å². The summed E-state index contributed by atoms with van der Waals surface area (Å²) in [6.07, 6.45) is 6.36. The number of ether oxygens (including phenoxy) is 1. The van der Waals surface area contributed by atoms with E-state index in [-0.39, 0.29) is 12.0 Å². The average Bonchev–Trinajstić information content (AvgIpc) is 3.45. The first kappa shape index (κ1) is 21.7. The van der Waals surface area contributed by atoms with Crippen LogP contribution in [0.2, 0.25) is 0 Å². The first-order chi connectivity index (χ1) is 15.1. The molecule has 1 saturated heterocycles. The van der Waals surface area contributed by atoms with Gasteiger partial charge in [-0.3, -0.25) is 4.79 Å². The molecule has 162 valence electrons. The number of rotatable bonds is 8. The highest BCUT2D eigenvalue weighted by atomic mass is 32.2. The van der Waals surface area contributed by atoms with Crippen molar-refractivity contribution in [2.45, 2.75) is 50.2 Å². The zero-order chi connectivity index (χ0) is 21.6. The van der Waals surface area contributed by atoms with E-state index in [0.717, 1.165) is 53.7 Å². The van der Waals surface area contributed by atoms with Gasteiger partial charge in [0.2, 0.25) is 0 Å². The predicted octanol–water partition coefficient (Wildman–Crippen LogP) is 5.58. The molecule has 1 amide bonds. The lowest BCUT2D eigenvalue weighted by molar-refractivity contribution is 0.102. The first-order valence-corrected chi connectivity index (χ1v) is 11.8. The number of aromatic nitrogens is 2. The predicted molar refractivity (Wildman–Crippen MR) is 126 cm³/mol. The molecule has 2 aromatic carbocycles. The molecule has 0 radical (unpaired) electrons. The van der Waals surface area contributed by atoms with Gasteiger partial charge in [0.25, 0.3) is 5.91 Å². The van der Waals surface area contributed by atoms with Crippen LogP contribution in [0.3, 0.4) is 0 Å². The molecule has 1 N–H and O–H groups in total. The maximum atomic E-state index is 13.0. The third-order valence-electron chi connectivity index (χ3n) is 5.38. The Labute approximate surface area is 188 Å². The highest BCUT2D eigenvalue weighted by molar-refractivity contribution is 7.99. The maximum Gasteiger partial charge on any atom is 0.256 e. The van der Waals surface area contributed by atoms with Crippen molar-refractivity contribution >= 4 is 23.4 Å². The Morgan fingerprint density at radius 1 is 1.26 bits per heavy atom. The van der Waals surface area contributed by atoms with E-state index in [2.05, 4.69) is 34.8 Å². The fourth-order valence-corrected chi connectivity index (χ4v) is 4.96. The molecule has 6 heteroatoms. The molecule has 1 atom stereocenters. The van der Waals surface area contributed by atoms with E-state index in [0.29, 0.717) is 11.5 Å². The molecule has 2 heterocycles. The Morgan fingerprint density at radius 2 is 2.13 bits per heavy atom. The van der Waals surface area contributed by atoms with Crippen molar-refractivity contribution in [1.82, 2.24) is 9.55 Å². The summed E-state index contributed by atoms with van der Waals surface area (Å²) in [5.74, 6) is 2.22. The Hall–Kier alpha value is -2.57. The van der Waals surface area contributed by atoms with E-state index in [9.17, 15) is 4.79 Å². The number of carbonyl (C=O) groups is 1. The average molecular weight is 436 g/mol. The van der Waals surface area contributed by atoms with Gasteiger partial charge in [-0.05, 0) is 42.7 Å². The molecule has 0 saturated carbocycles. The van der Waals surface area contributed by atoms with Crippen LogP contribution in [0.4, 0.5) is 5.69 Å². The standard InChI is InChI=1S/C25H29N3O2S/c1-18(2)24-26-12-13-28(24)16-19-7-5-8-20(15-19)27-25(29)22-10-3-4-11-23(22)31-17-21-9-6-14-30-21/h3-5,7-8,10-13,15,18,21H,6,9,14,16-17H2,1-2H3,(H,27,29). The lowest BCUT2D eigenvalue weighted by Gasteiger charge is -2.14. The number of anilines is 1. The van der Waals surface area contributed by atoms with Gasteiger partial charge in [-0.1, -0.05) is 38.1 Å². The van der Waals surface area contributed by atoms with Gasteiger partial charge in [0, 0.05) is 47.8 Å². The Kier molecular flexibility index (Phi) is 7.10. The highest BCUT2D eigenvalue weighted by Crippen LogP contribution is 2.27. The molecular formula is C25H29N3O2S. The minimum absolute atomic E-state index is 0.0851. The zero-order valence-electron chi connectivity index (χ0n) is 18.1. The molecule has 0 bridgehead atoms. The van der Waals surface area contributed by atoms with Crippen LogP contribution in [-0.4, -0.2) is 33.9 Å². The Balaban J connectivity index is 1.44. The molecule has 1 unspecified atom stereocenters. The fourth-order valence-electron chi connectivity index (χ4n) is 3.84. The van der Waals surface area contributed by atoms with Crippen LogP contribution in [0.1, 0.15) is 54.4 Å². The van der Waals surface area contributed by atoms with Crippen molar-refractivity contribution in [3.05, 3.63) is 77.9 Å². The van der Waals surface area contributed by atoms with Crippen molar-refractivity contribution < 1.29 is 9.53 Å². The number of benzene rings is 2. The number of imidazole rings is 1. The van der Waals surface area contributed by atoms with Gasteiger partial charge < -0.3 is 14.6 Å². The second-order valence-electron chi connectivity index (χ2n) is 8.16. The lowest BCUT2D eigenvalue weighted by atomic mass is 10.1. The van der Waals surface area contributed by atoms with Crippen molar-refractivity contribution in [2.24, 2.45) is 0 Å². The first-order valence-electron chi connectivity index (χ1n) is 10.8. The summed E-state index contributed by atoms with van der Waals surface area (Å²) in [6.45, 7) is 5.86. The molecule has 0 aliphatic carbocycles. The molecule has 3 aromatic rings. The van der Waals surface area contributed by atoms with E-state index < -0.39 is 0 Å². The summed E-state index contributed by atoms with van der Waals surface area (Å²) >= 11 is 1.70. The summed E-state index contributed by atoms with van der Waals surface area (Å²) in [4.78, 5) is 18.5. The number of thioether (sulfide) groups is 1. The van der Waals surface area contributed by atoms with Gasteiger partial charge in [0.15, 0.2) is 0 Å². The summed E-state index contributed by atoms with van der Waals surface area (Å²) in [5.41, 5.74) is 2.62. The summed E-state index contributed by atoms with van der Waals surface area (Å²) in [6, 6.07) is 15.8. The van der Waals surface area contributed by atoms with Gasteiger partial charge in [0.05, 0.1) is 11.7 Å². The quantitative estimate of drug-likeness (QED) is 0.470. The third-order valence-corrected chi connectivity index (χ3v) is 6.59. The number of amides is 1. The summed E-state index contributed by atoms with van der Waals surface area (Å²) < 4.78 is 7.88. The van der Waals surface area contributed by atoms with Gasteiger partial charge in [-0.2, -0.15) is 0 Å². The molecule has 31 heavy (non-hydrogen) atoms. The van der Waals surface area contributed by atoms with E-state index in [1.807, 2.05) is 54.9 Å². The van der Waals surface area contributed by atoms with Crippen LogP contribution < -0.4 is 5.32 Å². The van der Waals surface area contributed by atoms with Crippen LogP contribution in [0.15, 0.2) is 65.8 Å². The summed E-state index contributed by atoms with van der Waals surface area (Å²) in [5, 5.41) is 3.08. The topological polar surface area (TPSA) is 56.2 Å². The van der Waals surface area contributed by atoms with Crippen molar-refractivity contribution in [3.8, 4) is 0 Å². The number of hydrogen-bond donors (Lipinski definition) is 1. The third kappa shape index (κ3) is 5.57. The van der Waals surface area contributed by atoms with Crippen LogP contribution in [0.5, 0.6) is 0 Å². The minimum atomic E-state index is -0.0851. The number of carbonyl (C=O) groups excluding carboxylic acids is 1. The summed E-state index contributed by atoms with van der Waals surface area (Å²) in [7, 11) is 0. The van der Waals surface area contributed by atoms with Crippen molar-refractivity contribution in [1.29, 1.82) is 0 Å². The SMILES string of the molecule is CC(C)c1nccn1Cc1cccc(NC(=O)c2ccccc2SCC2CCCO2)c1. The van der Waals surface area contributed by atoms with E-state index >= 15 is 0 Å². The number of nitrogens with zero attached hydrogens (tertiary/aromatic N) is 2. The highest BCUT2D eigenvalue weighted by Gasteiger charge is 2.18. The molecule has 0 spiro atoms. The molecule has 1 aliphatic heterocycles. The molecule has 4 rings (SSSR count). The van der Waals surface area contributed by atoms with Crippen LogP contribution in [-0.2, 0) is 11.3 Å². The normalized spacial score (nSPS) is 16.0. The second-order valence-corrected chi connectivity index (χ2v) is 9.23. The van der Waals surface area contributed by atoms with Crippen molar-refractivity contribution in [3.63, 3.8) is 0 Å². The maximum absolute atomic E-state index is 13.0. The Morgan fingerprint density at radius 3 is 2.94 bits per heavy atom. The zero-order valence-corrected chi connectivity index (χ0v) is 18.9. The monoisotopic (exact) mass is 435 g/mol. The van der Waals surface area contributed by atoms with Gasteiger partial charge in [0.1, 0.15) is 5.82 Å². The molecule has 1 aromatic heterocycles. The molecule has 1 aliphatic rings. The fraction of sp³-hybridized carbons (Fsp3) is 0.360. The van der Waals surface area contributed by atoms with Gasteiger partial charge in [-0.15, -0.1) is 11.8 Å². The number of nitrogens with one attached hydrogen (secondary N) is 1. The smallest absolute Gasteiger partial charge is 0.256 e. The van der Waals surface area contributed by atoms with Crippen molar-refractivity contribution in [2.75, 3.05) is 17.7 Å². The van der Waals surface area contributed by atoms with Gasteiger partial charge in [-0.25, -0.2) is 4.98 Å². The molecule has 5 nitrogen and oxygen atoms in total. The van der Waals surface area contributed by atoms with E-state index in [1.54, 1.807) is 11.8 Å². The number of hydrogen-bond acceptors (Lipinski definition) is 4. The van der Waals surface area contributed by atoms with Crippen LogP contribution in [0, 0.1) is 0 Å².